The minimum absolute atomic E-state index is 0.0300. The van der Waals surface area contributed by atoms with Gasteiger partial charge in [-0.3, -0.25) is 4.79 Å². The summed E-state index contributed by atoms with van der Waals surface area (Å²) >= 11 is 1.55. The fraction of sp³-hybridized carbons (Fsp3) is 0.263. The monoisotopic (exact) mass is 355 g/mol. The Morgan fingerprint density at radius 1 is 1.24 bits per heavy atom. The topological polar surface area (TPSA) is 54.5 Å². The summed E-state index contributed by atoms with van der Waals surface area (Å²) in [5, 5.41) is 3.82. The number of aromatic nitrogens is 1. The van der Waals surface area contributed by atoms with E-state index in [1.54, 1.807) is 18.4 Å². The smallest absolute Gasteiger partial charge is 0.240 e. The molecule has 0 aliphatic carbocycles. The highest BCUT2D eigenvalue weighted by molar-refractivity contribution is 7.22. The van der Waals surface area contributed by atoms with Crippen molar-refractivity contribution in [2.75, 3.05) is 25.6 Å². The number of likely N-dealkylation sites (N-methyl/N-ethyl adjacent to an activating group) is 1. The van der Waals surface area contributed by atoms with Gasteiger partial charge in [-0.2, -0.15) is 0 Å². The van der Waals surface area contributed by atoms with E-state index in [1.807, 2.05) is 67.4 Å². The number of methoxy groups -OCH3 is 1. The van der Waals surface area contributed by atoms with E-state index in [1.165, 1.54) is 0 Å². The van der Waals surface area contributed by atoms with Crippen LogP contribution >= 0.6 is 11.3 Å². The maximum absolute atomic E-state index is 12.3. The number of nitrogens with one attached hydrogen (secondary N) is 1. The second-order valence-corrected chi connectivity index (χ2v) is 6.87. The van der Waals surface area contributed by atoms with E-state index in [2.05, 4.69) is 10.3 Å². The van der Waals surface area contributed by atoms with Crippen molar-refractivity contribution in [3.8, 4) is 5.75 Å². The van der Waals surface area contributed by atoms with Gasteiger partial charge < -0.3 is 15.0 Å². The number of nitrogens with zero attached hydrogens (tertiary/aromatic N) is 2. The highest BCUT2D eigenvalue weighted by Gasteiger charge is 2.15. The highest BCUT2D eigenvalue weighted by Crippen LogP contribution is 2.33. The summed E-state index contributed by atoms with van der Waals surface area (Å²) in [6.45, 7) is 2.23. The predicted molar refractivity (Wildman–Crippen MR) is 102 cm³/mol. The number of hydrogen-bond donors (Lipinski definition) is 1. The lowest BCUT2D eigenvalue weighted by molar-refractivity contribution is -0.120. The molecule has 6 heteroatoms. The van der Waals surface area contributed by atoms with Crippen LogP contribution in [0.1, 0.15) is 18.5 Å². The molecule has 1 N–H and O–H groups in total. The van der Waals surface area contributed by atoms with Crippen LogP contribution in [-0.2, 0) is 4.79 Å². The van der Waals surface area contributed by atoms with Crippen molar-refractivity contribution in [3.63, 3.8) is 0 Å². The van der Waals surface area contributed by atoms with E-state index in [4.69, 9.17) is 4.74 Å². The van der Waals surface area contributed by atoms with Crippen LogP contribution in [0.25, 0.3) is 10.2 Å². The van der Waals surface area contributed by atoms with Gasteiger partial charge >= 0.3 is 0 Å². The van der Waals surface area contributed by atoms with Gasteiger partial charge in [-0.1, -0.05) is 47.7 Å². The van der Waals surface area contributed by atoms with Gasteiger partial charge in [0.2, 0.25) is 5.91 Å². The molecule has 2 aromatic carbocycles. The molecule has 0 aliphatic heterocycles. The van der Waals surface area contributed by atoms with Crippen LogP contribution in [0.15, 0.2) is 48.5 Å². The Kier molecular flexibility index (Phi) is 5.19. The van der Waals surface area contributed by atoms with E-state index < -0.39 is 0 Å². The highest BCUT2D eigenvalue weighted by atomic mass is 32.1. The van der Waals surface area contributed by atoms with Crippen LogP contribution < -0.4 is 15.0 Å². The molecule has 1 heterocycles. The molecule has 0 saturated carbocycles. The molecular formula is C19H21N3O2S. The first-order valence-corrected chi connectivity index (χ1v) is 8.89. The van der Waals surface area contributed by atoms with Crippen molar-refractivity contribution in [1.82, 2.24) is 10.3 Å². The molecule has 3 aromatic rings. The van der Waals surface area contributed by atoms with Gasteiger partial charge in [0.1, 0.15) is 11.3 Å². The van der Waals surface area contributed by atoms with Gasteiger partial charge in [0.25, 0.3) is 0 Å². The molecule has 0 saturated heterocycles. The lowest BCUT2D eigenvalue weighted by atomic mass is 10.1. The number of hydrogen-bond acceptors (Lipinski definition) is 5. The van der Waals surface area contributed by atoms with Gasteiger partial charge in [0, 0.05) is 7.05 Å². The summed E-state index contributed by atoms with van der Waals surface area (Å²) in [5.41, 5.74) is 1.91. The normalized spacial score (nSPS) is 12.0. The summed E-state index contributed by atoms with van der Waals surface area (Å²) < 4.78 is 6.39. The summed E-state index contributed by atoms with van der Waals surface area (Å²) in [5.74, 6) is 0.709. The fourth-order valence-electron chi connectivity index (χ4n) is 2.63. The van der Waals surface area contributed by atoms with Crippen molar-refractivity contribution in [2.24, 2.45) is 0 Å². The quantitative estimate of drug-likeness (QED) is 0.734. The number of carbonyl (C=O) groups excluding carboxylic acids is 1. The number of carbonyl (C=O) groups is 1. The Bertz CT molecular complexity index is 863. The van der Waals surface area contributed by atoms with Crippen LogP contribution in [-0.4, -0.2) is 31.6 Å². The Morgan fingerprint density at radius 3 is 2.72 bits per heavy atom. The number of ether oxygens (including phenoxy) is 1. The molecule has 0 aliphatic rings. The van der Waals surface area contributed by atoms with Crippen LogP contribution in [0, 0.1) is 0 Å². The zero-order valence-corrected chi connectivity index (χ0v) is 15.3. The van der Waals surface area contributed by atoms with Crippen molar-refractivity contribution < 1.29 is 9.53 Å². The molecule has 3 rings (SSSR count). The average molecular weight is 355 g/mol. The summed E-state index contributed by atoms with van der Waals surface area (Å²) in [4.78, 5) is 18.8. The molecule has 1 aromatic heterocycles. The van der Waals surface area contributed by atoms with E-state index in [0.29, 0.717) is 0 Å². The van der Waals surface area contributed by atoms with Crippen LogP contribution in [0.2, 0.25) is 0 Å². The molecule has 25 heavy (non-hydrogen) atoms. The molecule has 0 spiro atoms. The van der Waals surface area contributed by atoms with Crippen molar-refractivity contribution in [1.29, 1.82) is 0 Å². The number of thiazole rings is 1. The van der Waals surface area contributed by atoms with E-state index in [-0.39, 0.29) is 18.5 Å². The zero-order chi connectivity index (χ0) is 17.8. The first kappa shape index (κ1) is 17.2. The lowest BCUT2D eigenvalue weighted by Gasteiger charge is -2.18. The Labute approximate surface area is 151 Å². The Morgan fingerprint density at radius 2 is 2.00 bits per heavy atom. The minimum Gasteiger partial charge on any atom is -0.494 e. The van der Waals surface area contributed by atoms with Crippen LogP contribution in [0.5, 0.6) is 5.75 Å². The third-order valence-electron chi connectivity index (χ3n) is 3.97. The van der Waals surface area contributed by atoms with Gasteiger partial charge in [0.05, 0.1) is 24.4 Å². The standard InChI is InChI=1S/C19H21N3O2S/c1-13(14-8-5-4-6-9-14)20-17(23)12-22(2)19-21-18-15(24-3)10-7-11-16(18)25-19/h4-11,13H,12H2,1-3H3,(H,20,23)/t13-/m0/s1. The van der Waals surface area contributed by atoms with Crippen molar-refractivity contribution in [3.05, 3.63) is 54.1 Å². The minimum atomic E-state index is -0.0370. The summed E-state index contributed by atoms with van der Waals surface area (Å²) in [6.07, 6.45) is 0. The first-order chi connectivity index (χ1) is 12.1. The molecule has 130 valence electrons. The van der Waals surface area contributed by atoms with Gasteiger partial charge in [-0.15, -0.1) is 0 Å². The van der Waals surface area contributed by atoms with Gasteiger partial charge in [-0.05, 0) is 24.6 Å². The maximum atomic E-state index is 12.3. The SMILES string of the molecule is COc1cccc2sc(N(C)CC(=O)N[C@@H](C)c3ccccc3)nc12. The van der Waals surface area contributed by atoms with Gasteiger partial charge in [0.15, 0.2) is 5.13 Å². The van der Waals surface area contributed by atoms with E-state index in [0.717, 1.165) is 26.7 Å². The molecule has 0 fully saturated rings. The van der Waals surface area contributed by atoms with Gasteiger partial charge in [-0.25, -0.2) is 4.98 Å². The number of anilines is 1. The molecule has 1 atom stereocenters. The molecule has 0 radical (unpaired) electrons. The number of para-hydroxylation sites is 1. The third kappa shape index (κ3) is 3.91. The molecular weight excluding hydrogens is 334 g/mol. The largest absolute Gasteiger partial charge is 0.494 e. The molecule has 0 unspecified atom stereocenters. The summed E-state index contributed by atoms with van der Waals surface area (Å²) in [6, 6.07) is 15.7. The summed E-state index contributed by atoms with van der Waals surface area (Å²) in [7, 11) is 3.51. The number of fused-ring (bicyclic) bond motifs is 1. The molecule has 1 amide bonds. The number of amides is 1. The number of rotatable bonds is 6. The fourth-order valence-corrected chi connectivity index (χ4v) is 3.58. The average Bonchev–Trinajstić information content (AvgIpc) is 3.06. The number of benzene rings is 2. The van der Waals surface area contributed by atoms with E-state index >= 15 is 0 Å². The zero-order valence-electron chi connectivity index (χ0n) is 14.5. The van der Waals surface area contributed by atoms with Crippen molar-refractivity contribution in [2.45, 2.75) is 13.0 Å². The van der Waals surface area contributed by atoms with Crippen LogP contribution in [0.3, 0.4) is 0 Å². The Hall–Kier alpha value is -2.60. The molecule has 0 bridgehead atoms. The third-order valence-corrected chi connectivity index (χ3v) is 5.11. The van der Waals surface area contributed by atoms with E-state index in [9.17, 15) is 4.79 Å². The second-order valence-electron chi connectivity index (χ2n) is 5.86. The lowest BCUT2D eigenvalue weighted by Crippen LogP contribution is -2.36. The maximum Gasteiger partial charge on any atom is 0.240 e. The van der Waals surface area contributed by atoms with Crippen LogP contribution in [0.4, 0.5) is 5.13 Å². The first-order valence-electron chi connectivity index (χ1n) is 8.07. The predicted octanol–water partition coefficient (Wildman–Crippen LogP) is 3.62. The van der Waals surface area contributed by atoms with Crippen molar-refractivity contribution >= 4 is 32.6 Å². The Balaban J connectivity index is 1.67. The molecule has 5 nitrogen and oxygen atoms in total. The second kappa shape index (κ2) is 7.53.